The number of anilines is 1. The molecule has 0 aromatic heterocycles. The number of fused-ring (bicyclic) bond motifs is 1. The maximum atomic E-state index is 13.7. The molecule has 0 saturated carbocycles. The smallest absolute Gasteiger partial charge is 0.146 e. The standard InChI is InChI=1S/C16H12ClFN2/c17-13-6-5-11-8-16(10-19,9-12(11)7-13)20-15-4-2-1-3-14(15)18/h1-7,20H,8-9H2. The molecular weight excluding hydrogens is 275 g/mol. The SMILES string of the molecule is N#CC1(Nc2ccccc2F)Cc2ccc(Cl)cc2C1. The van der Waals surface area contributed by atoms with Crippen LogP contribution in [0.15, 0.2) is 42.5 Å². The number of hydrogen-bond donors (Lipinski definition) is 1. The van der Waals surface area contributed by atoms with E-state index in [-0.39, 0.29) is 5.82 Å². The molecule has 0 bridgehead atoms. The van der Waals surface area contributed by atoms with Gasteiger partial charge in [-0.15, -0.1) is 0 Å². The van der Waals surface area contributed by atoms with Crippen LogP contribution in [0.2, 0.25) is 5.02 Å². The van der Waals surface area contributed by atoms with Crippen LogP contribution in [0.5, 0.6) is 0 Å². The van der Waals surface area contributed by atoms with E-state index in [4.69, 9.17) is 11.6 Å². The molecule has 1 N–H and O–H groups in total. The lowest BCUT2D eigenvalue weighted by Gasteiger charge is -2.23. The summed E-state index contributed by atoms with van der Waals surface area (Å²) in [5.41, 5.74) is 1.67. The number of benzene rings is 2. The highest BCUT2D eigenvalue weighted by atomic mass is 35.5. The largest absolute Gasteiger partial charge is 0.364 e. The van der Waals surface area contributed by atoms with Crippen molar-refractivity contribution in [1.29, 1.82) is 5.26 Å². The Hall–Kier alpha value is -2.05. The lowest BCUT2D eigenvalue weighted by atomic mass is 9.97. The molecule has 0 saturated heterocycles. The van der Waals surface area contributed by atoms with Crippen molar-refractivity contribution in [3.63, 3.8) is 0 Å². The Balaban J connectivity index is 1.93. The number of hydrogen-bond acceptors (Lipinski definition) is 2. The second kappa shape index (κ2) is 4.81. The summed E-state index contributed by atoms with van der Waals surface area (Å²) >= 11 is 5.98. The Labute approximate surface area is 121 Å². The third-order valence-electron chi connectivity index (χ3n) is 3.61. The van der Waals surface area contributed by atoms with Gasteiger partial charge in [0.25, 0.3) is 0 Å². The van der Waals surface area contributed by atoms with E-state index in [2.05, 4.69) is 11.4 Å². The molecular formula is C16H12ClFN2. The average Bonchev–Trinajstić information content (AvgIpc) is 2.79. The molecule has 0 radical (unpaired) electrons. The summed E-state index contributed by atoms with van der Waals surface area (Å²) < 4.78 is 13.7. The molecule has 0 spiro atoms. The molecule has 20 heavy (non-hydrogen) atoms. The van der Waals surface area contributed by atoms with Gasteiger partial charge >= 0.3 is 0 Å². The highest BCUT2D eigenvalue weighted by Gasteiger charge is 2.38. The monoisotopic (exact) mass is 286 g/mol. The van der Waals surface area contributed by atoms with E-state index in [1.165, 1.54) is 6.07 Å². The highest BCUT2D eigenvalue weighted by Crippen LogP contribution is 2.34. The van der Waals surface area contributed by atoms with Crippen LogP contribution in [-0.4, -0.2) is 5.54 Å². The summed E-state index contributed by atoms with van der Waals surface area (Å²) in [5, 5.41) is 13.3. The summed E-state index contributed by atoms with van der Waals surface area (Å²) in [4.78, 5) is 0. The fraction of sp³-hybridized carbons (Fsp3) is 0.188. The zero-order chi connectivity index (χ0) is 14.2. The van der Waals surface area contributed by atoms with Crippen molar-refractivity contribution in [2.24, 2.45) is 0 Å². The van der Waals surface area contributed by atoms with Crippen molar-refractivity contribution in [3.8, 4) is 6.07 Å². The summed E-state index contributed by atoms with van der Waals surface area (Å²) in [6.07, 6.45) is 1.07. The van der Waals surface area contributed by atoms with Crippen LogP contribution in [0.1, 0.15) is 11.1 Å². The van der Waals surface area contributed by atoms with Crippen molar-refractivity contribution >= 4 is 17.3 Å². The van der Waals surface area contributed by atoms with Gasteiger partial charge in [-0.25, -0.2) is 4.39 Å². The summed E-state index contributed by atoms with van der Waals surface area (Å²) in [7, 11) is 0. The van der Waals surface area contributed by atoms with Crippen LogP contribution in [-0.2, 0) is 12.8 Å². The highest BCUT2D eigenvalue weighted by molar-refractivity contribution is 6.30. The van der Waals surface area contributed by atoms with E-state index in [0.29, 0.717) is 23.6 Å². The van der Waals surface area contributed by atoms with Crippen molar-refractivity contribution in [1.82, 2.24) is 0 Å². The van der Waals surface area contributed by atoms with Gasteiger partial charge in [0.1, 0.15) is 11.4 Å². The van der Waals surface area contributed by atoms with E-state index in [1.54, 1.807) is 18.2 Å². The number of nitrogens with zero attached hydrogens (tertiary/aromatic N) is 1. The first-order valence-electron chi connectivity index (χ1n) is 6.33. The first-order chi connectivity index (χ1) is 9.62. The van der Waals surface area contributed by atoms with E-state index in [0.717, 1.165) is 11.1 Å². The van der Waals surface area contributed by atoms with Crippen molar-refractivity contribution in [2.75, 3.05) is 5.32 Å². The van der Waals surface area contributed by atoms with Crippen LogP contribution in [0.3, 0.4) is 0 Å². The maximum Gasteiger partial charge on any atom is 0.146 e. The van der Waals surface area contributed by atoms with Crippen molar-refractivity contribution in [2.45, 2.75) is 18.4 Å². The van der Waals surface area contributed by atoms with Crippen LogP contribution in [0.25, 0.3) is 0 Å². The summed E-state index contributed by atoms with van der Waals surface area (Å²) in [6, 6.07) is 14.3. The Morgan fingerprint density at radius 3 is 2.65 bits per heavy atom. The van der Waals surface area contributed by atoms with Crippen LogP contribution >= 0.6 is 11.6 Å². The molecule has 4 heteroatoms. The Morgan fingerprint density at radius 1 is 1.15 bits per heavy atom. The average molecular weight is 287 g/mol. The van der Waals surface area contributed by atoms with Gasteiger partial charge in [-0.05, 0) is 35.4 Å². The van der Waals surface area contributed by atoms with Gasteiger partial charge in [0.2, 0.25) is 0 Å². The first-order valence-corrected chi connectivity index (χ1v) is 6.71. The molecule has 1 aliphatic carbocycles. The molecule has 1 unspecified atom stereocenters. The quantitative estimate of drug-likeness (QED) is 0.907. The molecule has 0 amide bonds. The molecule has 3 rings (SSSR count). The van der Waals surface area contributed by atoms with E-state index >= 15 is 0 Å². The third kappa shape index (κ3) is 2.23. The Bertz CT molecular complexity index is 708. The Kier molecular flexibility index (Phi) is 3.11. The first kappa shape index (κ1) is 13.0. The fourth-order valence-electron chi connectivity index (χ4n) is 2.66. The van der Waals surface area contributed by atoms with Gasteiger partial charge < -0.3 is 5.32 Å². The second-order valence-electron chi connectivity index (χ2n) is 5.07. The van der Waals surface area contributed by atoms with E-state index in [9.17, 15) is 9.65 Å². The molecule has 0 fully saturated rings. The Morgan fingerprint density at radius 2 is 1.90 bits per heavy atom. The van der Waals surface area contributed by atoms with Crippen molar-refractivity contribution < 1.29 is 4.39 Å². The number of halogens is 2. The summed E-state index contributed by atoms with van der Waals surface area (Å²) in [6.45, 7) is 0. The van der Waals surface area contributed by atoms with Crippen LogP contribution in [0, 0.1) is 17.1 Å². The number of nitriles is 1. The van der Waals surface area contributed by atoms with Gasteiger partial charge in [0.05, 0.1) is 11.8 Å². The van der Waals surface area contributed by atoms with E-state index in [1.807, 2.05) is 18.2 Å². The van der Waals surface area contributed by atoms with Gasteiger partial charge in [-0.2, -0.15) is 5.26 Å². The number of para-hydroxylation sites is 1. The zero-order valence-electron chi connectivity index (χ0n) is 10.7. The molecule has 2 nitrogen and oxygen atoms in total. The normalized spacial score (nSPS) is 20.2. The molecule has 1 aliphatic rings. The summed E-state index contributed by atoms with van der Waals surface area (Å²) in [5.74, 6) is -0.351. The molecule has 2 aromatic rings. The lowest BCUT2D eigenvalue weighted by Crippen LogP contribution is -2.37. The minimum atomic E-state index is -0.810. The second-order valence-corrected chi connectivity index (χ2v) is 5.50. The minimum Gasteiger partial charge on any atom is -0.364 e. The predicted molar refractivity (Wildman–Crippen MR) is 77.2 cm³/mol. The van der Waals surface area contributed by atoms with Crippen LogP contribution < -0.4 is 5.32 Å². The van der Waals surface area contributed by atoms with Gasteiger partial charge in [0.15, 0.2) is 0 Å². The fourth-order valence-corrected chi connectivity index (χ4v) is 2.85. The molecule has 0 aliphatic heterocycles. The molecule has 2 aromatic carbocycles. The lowest BCUT2D eigenvalue weighted by molar-refractivity contribution is 0.596. The van der Waals surface area contributed by atoms with E-state index < -0.39 is 5.54 Å². The number of nitrogens with one attached hydrogen (secondary N) is 1. The maximum absolute atomic E-state index is 13.7. The van der Waals surface area contributed by atoms with Crippen LogP contribution in [0.4, 0.5) is 10.1 Å². The topological polar surface area (TPSA) is 35.8 Å². The van der Waals surface area contributed by atoms with Gasteiger partial charge in [-0.1, -0.05) is 29.8 Å². The van der Waals surface area contributed by atoms with Crippen molar-refractivity contribution in [3.05, 3.63) is 64.4 Å². The molecule has 100 valence electrons. The molecule has 0 heterocycles. The number of rotatable bonds is 2. The molecule has 1 atom stereocenters. The van der Waals surface area contributed by atoms with Gasteiger partial charge in [0, 0.05) is 17.9 Å². The predicted octanol–water partition coefficient (Wildman–Crippen LogP) is 3.95. The minimum absolute atomic E-state index is 0.351. The zero-order valence-corrected chi connectivity index (χ0v) is 11.4. The van der Waals surface area contributed by atoms with Gasteiger partial charge in [-0.3, -0.25) is 0 Å². The third-order valence-corrected chi connectivity index (χ3v) is 3.85.